The first-order valence-corrected chi connectivity index (χ1v) is 4.86. The molecule has 0 aliphatic rings. The number of hydrogen-bond donors (Lipinski definition) is 2. The van der Waals surface area contributed by atoms with Crippen LogP contribution in [-0.4, -0.2) is 21.6 Å². The molecule has 4 nitrogen and oxygen atoms in total. The number of nitrogens with two attached hydrogens (primary N) is 1. The van der Waals surface area contributed by atoms with Gasteiger partial charge in [0.25, 0.3) is 0 Å². The predicted molar refractivity (Wildman–Crippen MR) is 58.7 cm³/mol. The number of phenols is 1. The van der Waals surface area contributed by atoms with Crippen molar-refractivity contribution in [3.8, 4) is 5.75 Å². The van der Waals surface area contributed by atoms with Gasteiger partial charge in [-0.25, -0.2) is 9.97 Å². The minimum atomic E-state index is 0.191. The molecule has 15 heavy (non-hydrogen) atoms. The number of aryl methyl sites for hydroxylation is 1. The molecule has 1 aromatic carbocycles. The maximum atomic E-state index is 9.67. The van der Waals surface area contributed by atoms with E-state index in [-0.39, 0.29) is 5.75 Å². The highest BCUT2D eigenvalue weighted by Gasteiger charge is 2.05. The lowest BCUT2D eigenvalue weighted by atomic mass is 10.1. The van der Waals surface area contributed by atoms with Crippen molar-refractivity contribution >= 4 is 10.9 Å². The van der Waals surface area contributed by atoms with E-state index in [4.69, 9.17) is 5.73 Å². The summed E-state index contributed by atoms with van der Waals surface area (Å²) in [6.45, 7) is 2.48. The molecule has 0 saturated carbocycles. The van der Waals surface area contributed by atoms with E-state index in [9.17, 15) is 5.11 Å². The van der Waals surface area contributed by atoms with Crippen LogP contribution in [0.3, 0.4) is 0 Å². The normalized spacial score (nSPS) is 10.8. The summed E-state index contributed by atoms with van der Waals surface area (Å²) >= 11 is 0. The number of nitrogens with zero attached hydrogens (tertiary/aromatic N) is 2. The SMILES string of the molecule is Cc1ccc(O)c2nc(CCN)ncc12. The Kier molecular flexibility index (Phi) is 2.51. The number of aromatic hydroxyl groups is 1. The highest BCUT2D eigenvalue weighted by atomic mass is 16.3. The molecule has 2 rings (SSSR count). The van der Waals surface area contributed by atoms with Gasteiger partial charge in [-0.1, -0.05) is 6.07 Å². The van der Waals surface area contributed by atoms with Crippen LogP contribution in [0.5, 0.6) is 5.75 Å². The van der Waals surface area contributed by atoms with Crippen molar-refractivity contribution in [1.29, 1.82) is 0 Å². The Bertz CT molecular complexity index is 496. The van der Waals surface area contributed by atoms with Crippen LogP contribution < -0.4 is 5.73 Å². The second-order valence-corrected chi connectivity index (χ2v) is 3.49. The van der Waals surface area contributed by atoms with Gasteiger partial charge in [0.2, 0.25) is 0 Å². The highest BCUT2D eigenvalue weighted by Crippen LogP contribution is 2.24. The monoisotopic (exact) mass is 203 g/mol. The molecule has 3 N–H and O–H groups in total. The zero-order valence-corrected chi connectivity index (χ0v) is 8.57. The highest BCUT2D eigenvalue weighted by molar-refractivity contribution is 5.86. The van der Waals surface area contributed by atoms with Crippen molar-refractivity contribution in [2.24, 2.45) is 5.73 Å². The van der Waals surface area contributed by atoms with Crippen LogP contribution in [0, 0.1) is 6.92 Å². The van der Waals surface area contributed by atoms with Crippen LogP contribution in [0.4, 0.5) is 0 Å². The maximum Gasteiger partial charge on any atom is 0.141 e. The first kappa shape index (κ1) is 9.86. The quantitative estimate of drug-likeness (QED) is 0.767. The summed E-state index contributed by atoms with van der Waals surface area (Å²) in [5.41, 5.74) is 7.09. The summed E-state index contributed by atoms with van der Waals surface area (Å²) in [7, 11) is 0. The van der Waals surface area contributed by atoms with E-state index in [1.807, 2.05) is 13.0 Å². The molecule has 1 heterocycles. The largest absolute Gasteiger partial charge is 0.506 e. The van der Waals surface area contributed by atoms with Crippen LogP contribution in [-0.2, 0) is 6.42 Å². The number of phenolic OH excluding ortho intramolecular Hbond substituents is 1. The van der Waals surface area contributed by atoms with Gasteiger partial charge in [0.1, 0.15) is 17.1 Å². The average molecular weight is 203 g/mol. The summed E-state index contributed by atoms with van der Waals surface area (Å²) < 4.78 is 0. The molecular formula is C11H13N3O. The molecule has 78 valence electrons. The Labute approximate surface area is 87.8 Å². The number of fused-ring (bicyclic) bond motifs is 1. The summed E-state index contributed by atoms with van der Waals surface area (Å²) in [6.07, 6.45) is 2.37. The number of benzene rings is 1. The molecule has 0 radical (unpaired) electrons. The van der Waals surface area contributed by atoms with Gasteiger partial charge in [0, 0.05) is 18.0 Å². The van der Waals surface area contributed by atoms with Crippen molar-refractivity contribution in [3.05, 3.63) is 29.7 Å². The van der Waals surface area contributed by atoms with E-state index >= 15 is 0 Å². The summed E-state index contributed by atoms with van der Waals surface area (Å²) in [5.74, 6) is 0.863. The van der Waals surface area contributed by atoms with Gasteiger partial charge in [0.05, 0.1) is 0 Å². The van der Waals surface area contributed by atoms with E-state index in [0.717, 1.165) is 10.9 Å². The molecule has 1 aromatic heterocycles. The molecule has 0 saturated heterocycles. The third-order valence-electron chi connectivity index (χ3n) is 2.37. The van der Waals surface area contributed by atoms with Crippen molar-refractivity contribution in [1.82, 2.24) is 9.97 Å². The molecule has 0 aliphatic carbocycles. The van der Waals surface area contributed by atoms with Gasteiger partial charge >= 0.3 is 0 Å². The second kappa shape index (κ2) is 3.82. The summed E-state index contributed by atoms with van der Waals surface area (Å²) in [5, 5.41) is 10.6. The van der Waals surface area contributed by atoms with Crippen LogP contribution in [0.15, 0.2) is 18.3 Å². The minimum absolute atomic E-state index is 0.191. The van der Waals surface area contributed by atoms with Crippen LogP contribution in [0.1, 0.15) is 11.4 Å². The van der Waals surface area contributed by atoms with Crippen molar-refractivity contribution in [3.63, 3.8) is 0 Å². The average Bonchev–Trinajstić information content (AvgIpc) is 2.24. The van der Waals surface area contributed by atoms with Crippen LogP contribution >= 0.6 is 0 Å². The van der Waals surface area contributed by atoms with Gasteiger partial charge < -0.3 is 10.8 Å². The van der Waals surface area contributed by atoms with Crippen molar-refractivity contribution < 1.29 is 5.11 Å². The molecule has 2 aromatic rings. The molecule has 4 heteroatoms. The standard InChI is InChI=1S/C11H13N3O/c1-7-2-3-9(15)11-8(7)6-13-10(14-11)4-5-12/h2-3,6,15H,4-5,12H2,1H3. The van der Waals surface area contributed by atoms with E-state index in [1.165, 1.54) is 0 Å². The Morgan fingerprint density at radius 3 is 2.93 bits per heavy atom. The lowest BCUT2D eigenvalue weighted by Crippen LogP contribution is -2.06. The summed E-state index contributed by atoms with van der Waals surface area (Å²) in [4.78, 5) is 8.48. The fourth-order valence-electron chi connectivity index (χ4n) is 1.52. The van der Waals surface area contributed by atoms with E-state index in [2.05, 4.69) is 9.97 Å². The molecule has 0 atom stereocenters. The Hall–Kier alpha value is -1.68. The van der Waals surface area contributed by atoms with Gasteiger partial charge in [-0.3, -0.25) is 0 Å². The lowest BCUT2D eigenvalue weighted by Gasteiger charge is -2.04. The lowest BCUT2D eigenvalue weighted by molar-refractivity contribution is 0.480. The maximum absolute atomic E-state index is 9.67. The molecule has 0 fully saturated rings. The zero-order valence-electron chi connectivity index (χ0n) is 8.57. The van der Waals surface area contributed by atoms with E-state index in [1.54, 1.807) is 12.3 Å². The zero-order chi connectivity index (χ0) is 10.8. The number of rotatable bonds is 2. The molecule has 0 bridgehead atoms. The van der Waals surface area contributed by atoms with Gasteiger partial charge in [-0.2, -0.15) is 0 Å². The Morgan fingerprint density at radius 1 is 1.40 bits per heavy atom. The van der Waals surface area contributed by atoms with Crippen LogP contribution in [0.25, 0.3) is 10.9 Å². The molecule has 0 amide bonds. The van der Waals surface area contributed by atoms with Gasteiger partial charge in [-0.05, 0) is 25.1 Å². The van der Waals surface area contributed by atoms with Gasteiger partial charge in [-0.15, -0.1) is 0 Å². The minimum Gasteiger partial charge on any atom is -0.506 e. The molecule has 0 unspecified atom stereocenters. The summed E-state index contributed by atoms with van der Waals surface area (Å²) in [6, 6.07) is 3.50. The second-order valence-electron chi connectivity index (χ2n) is 3.49. The van der Waals surface area contributed by atoms with E-state index < -0.39 is 0 Å². The molecular weight excluding hydrogens is 190 g/mol. The van der Waals surface area contributed by atoms with Crippen molar-refractivity contribution in [2.75, 3.05) is 6.54 Å². The third kappa shape index (κ3) is 1.76. The first-order valence-electron chi connectivity index (χ1n) is 4.86. The Morgan fingerprint density at radius 2 is 2.20 bits per heavy atom. The fourth-order valence-corrected chi connectivity index (χ4v) is 1.52. The number of hydrogen-bond acceptors (Lipinski definition) is 4. The number of aromatic nitrogens is 2. The third-order valence-corrected chi connectivity index (χ3v) is 2.37. The van der Waals surface area contributed by atoms with Crippen molar-refractivity contribution in [2.45, 2.75) is 13.3 Å². The Balaban J connectivity index is 2.65. The molecule has 0 aliphatic heterocycles. The van der Waals surface area contributed by atoms with E-state index in [0.29, 0.717) is 24.3 Å². The predicted octanol–water partition coefficient (Wildman–Crippen LogP) is 1.15. The van der Waals surface area contributed by atoms with Crippen LogP contribution in [0.2, 0.25) is 0 Å². The topological polar surface area (TPSA) is 72.0 Å². The van der Waals surface area contributed by atoms with Gasteiger partial charge in [0.15, 0.2) is 0 Å². The first-order chi connectivity index (χ1) is 7.22. The fraction of sp³-hybridized carbons (Fsp3) is 0.273. The smallest absolute Gasteiger partial charge is 0.141 e. The molecule has 0 spiro atoms.